The molecule has 0 aliphatic carbocycles. The Morgan fingerprint density at radius 2 is 2.20 bits per heavy atom. The first-order valence-electron chi connectivity index (χ1n) is 3.28. The topological polar surface area (TPSA) is 19.7 Å². The van der Waals surface area contributed by atoms with Crippen molar-refractivity contribution in [3.8, 4) is 0 Å². The van der Waals surface area contributed by atoms with E-state index >= 15 is 0 Å². The minimum Gasteiger partial charge on any atom is -1.00 e. The molecule has 0 saturated carbocycles. The maximum Gasteiger partial charge on any atom is 0.251 e. The predicted molar refractivity (Wildman–Crippen MR) is 36.1 cm³/mol. The molecule has 2 nitrogen and oxygen atoms in total. The summed E-state index contributed by atoms with van der Waals surface area (Å²) in [6, 6.07) is 0. The van der Waals surface area contributed by atoms with Crippen LogP contribution in [0.1, 0.15) is 18.4 Å². The van der Waals surface area contributed by atoms with E-state index < -0.39 is 0 Å². The Hall–Kier alpha value is -0.500. The number of nitrogens with one attached hydrogen (secondary N) is 1. The van der Waals surface area contributed by atoms with Gasteiger partial charge in [0.05, 0.1) is 7.05 Å². The molecule has 0 aliphatic rings. The molecule has 0 saturated heterocycles. The number of nitrogens with zero attached hydrogens (tertiary/aromatic N) is 1. The second kappa shape index (κ2) is 3.62. The minimum absolute atomic E-state index is 0. The first kappa shape index (κ1) is 9.50. The van der Waals surface area contributed by atoms with E-state index in [9.17, 15) is 0 Å². The Labute approximate surface area is 67.7 Å². The Kier molecular flexibility index (Phi) is 3.43. The van der Waals surface area contributed by atoms with Crippen LogP contribution >= 0.6 is 0 Å². The molecule has 3 heteroatoms. The van der Waals surface area contributed by atoms with Gasteiger partial charge >= 0.3 is 0 Å². The SMILES string of the molecule is CCc1c[nH]c(C)[n+]1C.[Cl-]. The van der Waals surface area contributed by atoms with E-state index in [1.54, 1.807) is 0 Å². The second-order valence-corrected chi connectivity index (χ2v) is 2.28. The van der Waals surface area contributed by atoms with E-state index in [2.05, 4.69) is 36.6 Å². The number of aromatic amines is 1. The molecule has 0 spiro atoms. The van der Waals surface area contributed by atoms with Crippen LogP contribution in [0.2, 0.25) is 0 Å². The van der Waals surface area contributed by atoms with E-state index in [0.717, 1.165) is 6.42 Å². The second-order valence-electron chi connectivity index (χ2n) is 2.28. The van der Waals surface area contributed by atoms with E-state index in [1.807, 2.05) is 0 Å². The average molecular weight is 161 g/mol. The highest BCUT2D eigenvalue weighted by Crippen LogP contribution is 1.91. The molecular weight excluding hydrogens is 148 g/mol. The lowest BCUT2D eigenvalue weighted by Gasteiger charge is -1.88. The molecule has 0 atom stereocenters. The molecule has 1 rings (SSSR count). The molecule has 0 amide bonds. The monoisotopic (exact) mass is 160 g/mol. The van der Waals surface area contributed by atoms with Crippen LogP contribution < -0.4 is 17.0 Å². The van der Waals surface area contributed by atoms with Crippen molar-refractivity contribution in [2.45, 2.75) is 20.3 Å². The molecule has 0 aliphatic heterocycles. The molecule has 0 radical (unpaired) electrons. The zero-order chi connectivity index (χ0) is 6.85. The molecule has 0 aromatic carbocycles. The van der Waals surface area contributed by atoms with Gasteiger partial charge in [-0.05, 0) is 0 Å². The first-order chi connectivity index (χ1) is 4.25. The summed E-state index contributed by atoms with van der Waals surface area (Å²) >= 11 is 0. The molecule has 0 unspecified atom stereocenters. The summed E-state index contributed by atoms with van der Waals surface area (Å²) in [7, 11) is 2.07. The Bertz CT molecular complexity index is 205. The molecule has 1 heterocycles. The van der Waals surface area contributed by atoms with Crippen LogP contribution in [-0.2, 0) is 13.5 Å². The zero-order valence-electron chi connectivity index (χ0n) is 6.61. The molecule has 1 aromatic rings. The lowest BCUT2D eigenvalue weighted by Crippen LogP contribution is -3.00. The number of H-pyrrole nitrogens is 1. The van der Waals surface area contributed by atoms with Crippen molar-refractivity contribution in [1.82, 2.24) is 4.98 Å². The van der Waals surface area contributed by atoms with Crippen LogP contribution in [0.4, 0.5) is 0 Å². The van der Waals surface area contributed by atoms with Crippen molar-refractivity contribution < 1.29 is 17.0 Å². The van der Waals surface area contributed by atoms with Gasteiger partial charge in [0.25, 0.3) is 5.82 Å². The van der Waals surface area contributed by atoms with Crippen LogP contribution in [0.5, 0.6) is 0 Å². The highest BCUT2D eigenvalue weighted by molar-refractivity contribution is 4.88. The Morgan fingerprint density at radius 3 is 2.40 bits per heavy atom. The quantitative estimate of drug-likeness (QED) is 0.447. The first-order valence-corrected chi connectivity index (χ1v) is 3.28. The third kappa shape index (κ3) is 1.51. The molecule has 0 bridgehead atoms. The molecular formula is C7H13ClN2. The molecule has 0 fully saturated rings. The predicted octanol–water partition coefficient (Wildman–Crippen LogP) is -2.29. The van der Waals surface area contributed by atoms with E-state index in [-0.39, 0.29) is 12.4 Å². The summed E-state index contributed by atoms with van der Waals surface area (Å²) in [5.41, 5.74) is 1.35. The van der Waals surface area contributed by atoms with Gasteiger partial charge in [-0.25, -0.2) is 9.55 Å². The lowest BCUT2D eigenvalue weighted by atomic mass is 10.4. The van der Waals surface area contributed by atoms with Crippen LogP contribution in [0.25, 0.3) is 0 Å². The van der Waals surface area contributed by atoms with Gasteiger partial charge in [-0.15, -0.1) is 0 Å². The van der Waals surface area contributed by atoms with Crippen molar-refractivity contribution in [2.75, 3.05) is 0 Å². The molecule has 58 valence electrons. The normalized spacial score (nSPS) is 9.10. The summed E-state index contributed by atoms with van der Waals surface area (Å²) in [6.45, 7) is 4.22. The van der Waals surface area contributed by atoms with Crippen LogP contribution in [0.3, 0.4) is 0 Å². The number of aryl methyl sites for hydroxylation is 2. The van der Waals surface area contributed by atoms with Crippen molar-refractivity contribution in [2.24, 2.45) is 7.05 Å². The van der Waals surface area contributed by atoms with Gasteiger partial charge < -0.3 is 12.4 Å². The highest BCUT2D eigenvalue weighted by atomic mass is 35.5. The largest absolute Gasteiger partial charge is 1.00 e. The standard InChI is InChI=1S/C7H12N2.ClH/c1-4-7-5-8-6(2)9(7)3;/h5H,4H2,1-3H3;1H. The zero-order valence-corrected chi connectivity index (χ0v) is 7.37. The Balaban J connectivity index is 0.000000810. The molecule has 1 aromatic heterocycles. The van der Waals surface area contributed by atoms with Crippen molar-refractivity contribution in [3.05, 3.63) is 17.7 Å². The number of aromatic nitrogens is 2. The van der Waals surface area contributed by atoms with Crippen molar-refractivity contribution in [3.63, 3.8) is 0 Å². The fourth-order valence-electron chi connectivity index (χ4n) is 0.936. The average Bonchev–Trinajstić information content (AvgIpc) is 2.15. The number of hydrogen-bond donors (Lipinski definition) is 1. The van der Waals surface area contributed by atoms with Crippen LogP contribution in [0.15, 0.2) is 6.20 Å². The fraction of sp³-hybridized carbons (Fsp3) is 0.571. The van der Waals surface area contributed by atoms with Crippen molar-refractivity contribution >= 4 is 0 Å². The van der Waals surface area contributed by atoms with Gasteiger partial charge in [-0.3, -0.25) is 0 Å². The lowest BCUT2D eigenvalue weighted by molar-refractivity contribution is -0.683. The number of hydrogen-bond acceptors (Lipinski definition) is 0. The number of halogens is 1. The van der Waals surface area contributed by atoms with Gasteiger partial charge in [0.15, 0.2) is 0 Å². The smallest absolute Gasteiger partial charge is 0.251 e. The molecule has 10 heavy (non-hydrogen) atoms. The van der Waals surface area contributed by atoms with E-state index in [4.69, 9.17) is 0 Å². The van der Waals surface area contributed by atoms with Gasteiger partial charge in [-0.2, -0.15) is 0 Å². The third-order valence-electron chi connectivity index (χ3n) is 1.74. The van der Waals surface area contributed by atoms with E-state index in [1.165, 1.54) is 11.5 Å². The van der Waals surface area contributed by atoms with Gasteiger partial charge in [-0.1, -0.05) is 6.92 Å². The Morgan fingerprint density at radius 1 is 1.60 bits per heavy atom. The number of rotatable bonds is 1. The summed E-state index contributed by atoms with van der Waals surface area (Å²) < 4.78 is 2.17. The maximum absolute atomic E-state index is 3.15. The summed E-state index contributed by atoms with van der Waals surface area (Å²) in [4.78, 5) is 3.15. The molecule has 1 N–H and O–H groups in total. The van der Waals surface area contributed by atoms with Gasteiger partial charge in [0, 0.05) is 13.3 Å². The summed E-state index contributed by atoms with van der Waals surface area (Å²) in [5, 5.41) is 0. The maximum atomic E-state index is 3.15. The van der Waals surface area contributed by atoms with Gasteiger partial charge in [0.2, 0.25) is 0 Å². The summed E-state index contributed by atoms with van der Waals surface area (Å²) in [5.74, 6) is 1.21. The number of imidazole rings is 1. The summed E-state index contributed by atoms with van der Waals surface area (Å²) in [6.07, 6.45) is 3.15. The van der Waals surface area contributed by atoms with Crippen LogP contribution in [-0.4, -0.2) is 4.98 Å². The van der Waals surface area contributed by atoms with Crippen molar-refractivity contribution in [1.29, 1.82) is 0 Å². The third-order valence-corrected chi connectivity index (χ3v) is 1.74. The van der Waals surface area contributed by atoms with Gasteiger partial charge in [0.1, 0.15) is 11.9 Å². The highest BCUT2D eigenvalue weighted by Gasteiger charge is 2.05. The van der Waals surface area contributed by atoms with E-state index in [0.29, 0.717) is 0 Å². The minimum atomic E-state index is 0. The fourth-order valence-corrected chi connectivity index (χ4v) is 0.936. The van der Waals surface area contributed by atoms with Crippen LogP contribution in [0, 0.1) is 6.92 Å².